The van der Waals surface area contributed by atoms with Gasteiger partial charge in [0.1, 0.15) is 0 Å². The van der Waals surface area contributed by atoms with Gasteiger partial charge in [-0.3, -0.25) is 4.79 Å². The molecule has 2 aromatic rings. The summed E-state index contributed by atoms with van der Waals surface area (Å²) in [6.07, 6.45) is 1.98. The van der Waals surface area contributed by atoms with E-state index in [0.717, 1.165) is 11.1 Å². The third kappa shape index (κ3) is 4.88. The lowest BCUT2D eigenvalue weighted by molar-refractivity contribution is -0.150. The normalized spacial score (nSPS) is 14.6. The van der Waals surface area contributed by atoms with Gasteiger partial charge in [0, 0.05) is 6.08 Å². The Balaban J connectivity index is 1.51. The maximum atomic E-state index is 12.2. The summed E-state index contributed by atoms with van der Waals surface area (Å²) in [6.45, 7) is 3.61. The zero-order chi connectivity index (χ0) is 19.2. The molecule has 1 aliphatic heterocycles. The molecule has 0 saturated heterocycles. The molecule has 0 aliphatic carbocycles. The molecule has 140 valence electrons. The van der Waals surface area contributed by atoms with Gasteiger partial charge in [-0.05, 0) is 43.2 Å². The Kier molecular flexibility index (Phi) is 5.76. The van der Waals surface area contributed by atoms with Crippen molar-refractivity contribution in [3.63, 3.8) is 0 Å². The van der Waals surface area contributed by atoms with Crippen molar-refractivity contribution < 1.29 is 23.8 Å². The van der Waals surface area contributed by atoms with E-state index in [4.69, 9.17) is 14.2 Å². The van der Waals surface area contributed by atoms with Crippen LogP contribution in [0.15, 0.2) is 54.6 Å². The highest BCUT2D eigenvalue weighted by Crippen LogP contribution is 2.32. The first kappa shape index (κ1) is 18.5. The second-order valence-corrected chi connectivity index (χ2v) is 6.17. The molecule has 2 unspecified atom stereocenters. The van der Waals surface area contributed by atoms with Gasteiger partial charge < -0.3 is 19.5 Å². The topological polar surface area (TPSA) is 73.9 Å². The largest absolute Gasteiger partial charge is 0.454 e. The monoisotopic (exact) mass is 367 g/mol. The fourth-order valence-electron chi connectivity index (χ4n) is 2.60. The minimum atomic E-state index is -0.898. The van der Waals surface area contributed by atoms with Crippen molar-refractivity contribution in [1.82, 2.24) is 5.32 Å². The number of hydrogen-bond donors (Lipinski definition) is 1. The number of carbonyl (C=O) groups excluding carboxylic acids is 2. The second kappa shape index (κ2) is 8.40. The van der Waals surface area contributed by atoms with E-state index in [0.29, 0.717) is 11.5 Å². The summed E-state index contributed by atoms with van der Waals surface area (Å²) in [7, 11) is 0. The van der Waals surface area contributed by atoms with Crippen LogP contribution in [-0.4, -0.2) is 24.8 Å². The fourth-order valence-corrected chi connectivity index (χ4v) is 2.60. The van der Waals surface area contributed by atoms with Crippen LogP contribution >= 0.6 is 0 Å². The van der Waals surface area contributed by atoms with Crippen molar-refractivity contribution in [3.8, 4) is 11.5 Å². The van der Waals surface area contributed by atoms with E-state index >= 15 is 0 Å². The molecule has 1 amide bonds. The Hall–Kier alpha value is -3.28. The quantitative estimate of drug-likeness (QED) is 0.627. The van der Waals surface area contributed by atoms with Crippen molar-refractivity contribution in [2.24, 2.45) is 0 Å². The molecule has 27 heavy (non-hydrogen) atoms. The molecule has 1 N–H and O–H groups in total. The lowest BCUT2D eigenvalue weighted by atomic mass is 10.1. The van der Waals surface area contributed by atoms with Crippen LogP contribution in [0, 0.1) is 0 Å². The summed E-state index contributed by atoms with van der Waals surface area (Å²) in [6, 6.07) is 14.7. The van der Waals surface area contributed by atoms with Gasteiger partial charge in [-0.2, -0.15) is 0 Å². The number of esters is 1. The van der Waals surface area contributed by atoms with Gasteiger partial charge in [-0.25, -0.2) is 4.79 Å². The zero-order valence-electron chi connectivity index (χ0n) is 15.2. The molecule has 0 spiro atoms. The number of benzene rings is 2. The third-order valence-corrected chi connectivity index (χ3v) is 4.13. The smallest absolute Gasteiger partial charge is 0.331 e. The van der Waals surface area contributed by atoms with Gasteiger partial charge in [0.2, 0.25) is 6.79 Å². The number of hydrogen-bond acceptors (Lipinski definition) is 5. The SMILES string of the molecule is CC(OC(=O)/C=C/c1ccc2c(c1)OCO2)C(=O)NC(C)c1ccccc1. The summed E-state index contributed by atoms with van der Waals surface area (Å²) in [5, 5.41) is 2.83. The molecule has 0 aromatic heterocycles. The minimum Gasteiger partial charge on any atom is -0.454 e. The average molecular weight is 367 g/mol. The maximum Gasteiger partial charge on any atom is 0.331 e. The van der Waals surface area contributed by atoms with E-state index in [1.54, 1.807) is 31.2 Å². The van der Waals surface area contributed by atoms with Crippen LogP contribution in [0.25, 0.3) is 6.08 Å². The lowest BCUT2D eigenvalue weighted by Gasteiger charge is -2.17. The number of ether oxygens (including phenoxy) is 3. The Morgan fingerprint density at radius 2 is 1.81 bits per heavy atom. The summed E-state index contributed by atoms with van der Waals surface area (Å²) in [5.74, 6) is 0.361. The first-order valence-corrected chi connectivity index (χ1v) is 8.66. The van der Waals surface area contributed by atoms with Crippen molar-refractivity contribution in [2.75, 3.05) is 6.79 Å². The van der Waals surface area contributed by atoms with Gasteiger partial charge in [0.15, 0.2) is 17.6 Å². The zero-order valence-corrected chi connectivity index (χ0v) is 15.2. The highest BCUT2D eigenvalue weighted by atomic mass is 16.7. The molecule has 2 aromatic carbocycles. The Morgan fingerprint density at radius 1 is 1.07 bits per heavy atom. The van der Waals surface area contributed by atoms with Crippen LogP contribution < -0.4 is 14.8 Å². The van der Waals surface area contributed by atoms with Gasteiger partial charge in [0.25, 0.3) is 5.91 Å². The second-order valence-electron chi connectivity index (χ2n) is 6.17. The molecule has 0 fully saturated rings. The number of nitrogens with one attached hydrogen (secondary N) is 1. The molecule has 2 atom stereocenters. The highest BCUT2D eigenvalue weighted by molar-refractivity contribution is 5.90. The van der Waals surface area contributed by atoms with Crippen molar-refractivity contribution in [3.05, 3.63) is 65.7 Å². The first-order chi connectivity index (χ1) is 13.0. The third-order valence-electron chi connectivity index (χ3n) is 4.13. The molecule has 3 rings (SSSR count). The Bertz CT molecular complexity index is 847. The van der Waals surface area contributed by atoms with Crippen molar-refractivity contribution in [1.29, 1.82) is 0 Å². The Labute approximate surface area is 157 Å². The molecule has 1 heterocycles. The van der Waals surface area contributed by atoms with E-state index in [2.05, 4.69) is 5.32 Å². The highest BCUT2D eigenvalue weighted by Gasteiger charge is 2.19. The first-order valence-electron chi connectivity index (χ1n) is 8.66. The van der Waals surface area contributed by atoms with Crippen LogP contribution in [0.1, 0.15) is 31.0 Å². The van der Waals surface area contributed by atoms with Crippen LogP contribution in [0.2, 0.25) is 0 Å². The predicted molar refractivity (Wildman–Crippen MR) is 100 cm³/mol. The summed E-state index contributed by atoms with van der Waals surface area (Å²) in [4.78, 5) is 24.2. The summed E-state index contributed by atoms with van der Waals surface area (Å²) < 4.78 is 15.7. The van der Waals surface area contributed by atoms with Gasteiger partial charge in [-0.1, -0.05) is 36.4 Å². The summed E-state index contributed by atoms with van der Waals surface area (Å²) in [5.41, 5.74) is 1.75. The number of amides is 1. The van der Waals surface area contributed by atoms with Crippen molar-refractivity contribution >= 4 is 18.0 Å². The molecule has 0 bridgehead atoms. The molecule has 0 saturated carbocycles. The molecule has 6 heteroatoms. The molecule has 6 nitrogen and oxygen atoms in total. The molecule has 1 aliphatic rings. The standard InChI is InChI=1S/C21H21NO5/c1-14(17-6-4-3-5-7-17)22-21(24)15(2)27-20(23)11-9-16-8-10-18-19(12-16)26-13-25-18/h3-12,14-15H,13H2,1-2H3,(H,22,24)/b11-9+. The summed E-state index contributed by atoms with van der Waals surface area (Å²) >= 11 is 0. The number of rotatable bonds is 6. The Morgan fingerprint density at radius 3 is 2.59 bits per heavy atom. The lowest BCUT2D eigenvalue weighted by Crippen LogP contribution is -2.37. The van der Waals surface area contributed by atoms with Crippen LogP contribution in [0.4, 0.5) is 0 Å². The van der Waals surface area contributed by atoms with Crippen molar-refractivity contribution in [2.45, 2.75) is 26.0 Å². The number of carbonyl (C=O) groups is 2. The minimum absolute atomic E-state index is 0.177. The molecule has 0 radical (unpaired) electrons. The van der Waals surface area contributed by atoms with Crippen LogP contribution in [0.5, 0.6) is 11.5 Å². The molecular weight excluding hydrogens is 346 g/mol. The van der Waals surface area contributed by atoms with E-state index < -0.39 is 12.1 Å². The van der Waals surface area contributed by atoms with Gasteiger partial charge >= 0.3 is 5.97 Å². The average Bonchev–Trinajstić information content (AvgIpc) is 3.14. The van der Waals surface area contributed by atoms with E-state index in [1.165, 1.54) is 6.08 Å². The van der Waals surface area contributed by atoms with Crippen LogP contribution in [0.3, 0.4) is 0 Å². The predicted octanol–water partition coefficient (Wildman–Crippen LogP) is 3.24. The van der Waals surface area contributed by atoms with E-state index in [1.807, 2.05) is 37.3 Å². The molecular formula is C21H21NO5. The number of fused-ring (bicyclic) bond motifs is 1. The van der Waals surface area contributed by atoms with Gasteiger partial charge in [0.05, 0.1) is 6.04 Å². The van der Waals surface area contributed by atoms with E-state index in [-0.39, 0.29) is 18.7 Å². The maximum absolute atomic E-state index is 12.2. The van der Waals surface area contributed by atoms with E-state index in [9.17, 15) is 9.59 Å². The fraction of sp³-hybridized carbons (Fsp3) is 0.238. The van der Waals surface area contributed by atoms with Crippen LogP contribution in [-0.2, 0) is 14.3 Å². The van der Waals surface area contributed by atoms with Gasteiger partial charge in [-0.15, -0.1) is 0 Å².